The second-order valence-corrected chi connectivity index (χ2v) is 3.36. The Balaban J connectivity index is 0.000000980. The van der Waals surface area contributed by atoms with E-state index in [4.69, 9.17) is 10.5 Å². The lowest BCUT2D eigenvalue weighted by Crippen LogP contribution is -2.21. The summed E-state index contributed by atoms with van der Waals surface area (Å²) < 4.78 is 18.7. The van der Waals surface area contributed by atoms with Gasteiger partial charge in [0.25, 0.3) is 0 Å². The van der Waals surface area contributed by atoms with Crippen molar-refractivity contribution in [3.63, 3.8) is 0 Å². The van der Waals surface area contributed by atoms with Gasteiger partial charge in [0.1, 0.15) is 0 Å². The summed E-state index contributed by atoms with van der Waals surface area (Å²) in [7, 11) is 0. The summed E-state index contributed by atoms with van der Waals surface area (Å²) in [5.41, 5.74) is 7.21. The van der Waals surface area contributed by atoms with E-state index in [0.717, 1.165) is 12.0 Å². The first kappa shape index (κ1) is 11.3. The standard InChI is InChI=1S/C10H12FNO.ClH/c1-6-2-3-7-8(12)4-5-13-10(7)9(6)11;/h2-3,8H,4-5,12H2,1H3;1H/t8-;/m0./s1. The van der Waals surface area contributed by atoms with E-state index in [-0.39, 0.29) is 24.3 Å². The molecule has 1 aliphatic heterocycles. The minimum absolute atomic E-state index is 0. The van der Waals surface area contributed by atoms with Crippen molar-refractivity contribution in [1.82, 2.24) is 0 Å². The zero-order chi connectivity index (χ0) is 9.42. The third-order valence-electron chi connectivity index (χ3n) is 2.40. The van der Waals surface area contributed by atoms with E-state index in [1.807, 2.05) is 6.07 Å². The van der Waals surface area contributed by atoms with Gasteiger partial charge in [0.15, 0.2) is 11.6 Å². The zero-order valence-corrected chi connectivity index (χ0v) is 8.73. The van der Waals surface area contributed by atoms with Gasteiger partial charge in [-0.3, -0.25) is 0 Å². The summed E-state index contributed by atoms with van der Waals surface area (Å²) in [6, 6.07) is 3.50. The van der Waals surface area contributed by atoms with Crippen molar-refractivity contribution in [3.05, 3.63) is 29.1 Å². The van der Waals surface area contributed by atoms with Gasteiger partial charge in [-0.2, -0.15) is 0 Å². The van der Waals surface area contributed by atoms with E-state index in [1.54, 1.807) is 13.0 Å². The molecular weight excluding hydrogens is 205 g/mol. The largest absolute Gasteiger partial charge is 0.490 e. The van der Waals surface area contributed by atoms with Gasteiger partial charge < -0.3 is 10.5 Å². The lowest BCUT2D eigenvalue weighted by atomic mass is 9.99. The molecule has 0 amide bonds. The highest BCUT2D eigenvalue weighted by Crippen LogP contribution is 2.33. The second-order valence-electron chi connectivity index (χ2n) is 3.36. The van der Waals surface area contributed by atoms with Crippen LogP contribution in [-0.4, -0.2) is 6.61 Å². The van der Waals surface area contributed by atoms with Crippen LogP contribution in [0, 0.1) is 12.7 Å². The summed E-state index contributed by atoms with van der Waals surface area (Å²) in [5.74, 6) is 0.0754. The highest BCUT2D eigenvalue weighted by Gasteiger charge is 2.21. The van der Waals surface area contributed by atoms with Gasteiger partial charge in [-0.1, -0.05) is 12.1 Å². The van der Waals surface area contributed by atoms with Crippen LogP contribution in [0.2, 0.25) is 0 Å². The SMILES string of the molecule is Cc1ccc2c(c1F)OCC[C@@H]2N.Cl. The van der Waals surface area contributed by atoms with Gasteiger partial charge in [0.2, 0.25) is 0 Å². The van der Waals surface area contributed by atoms with Crippen LogP contribution in [0.3, 0.4) is 0 Å². The molecule has 1 aromatic rings. The highest BCUT2D eigenvalue weighted by molar-refractivity contribution is 5.85. The van der Waals surface area contributed by atoms with Crippen LogP contribution in [0.15, 0.2) is 12.1 Å². The minimum atomic E-state index is -0.271. The molecule has 1 aliphatic rings. The van der Waals surface area contributed by atoms with Crippen molar-refractivity contribution in [1.29, 1.82) is 0 Å². The van der Waals surface area contributed by atoms with E-state index >= 15 is 0 Å². The monoisotopic (exact) mass is 217 g/mol. The van der Waals surface area contributed by atoms with Gasteiger partial charge >= 0.3 is 0 Å². The number of benzene rings is 1. The Kier molecular flexibility index (Phi) is 3.34. The first-order valence-corrected chi connectivity index (χ1v) is 4.37. The van der Waals surface area contributed by atoms with Crippen LogP contribution in [0.4, 0.5) is 4.39 Å². The van der Waals surface area contributed by atoms with Crippen LogP contribution in [0.5, 0.6) is 5.75 Å². The fraction of sp³-hybridized carbons (Fsp3) is 0.400. The third kappa shape index (κ3) is 1.70. The van der Waals surface area contributed by atoms with Crippen molar-refractivity contribution < 1.29 is 9.13 Å². The number of halogens is 2. The summed E-state index contributed by atoms with van der Waals surface area (Å²) in [5, 5.41) is 0. The Morgan fingerprint density at radius 1 is 1.50 bits per heavy atom. The van der Waals surface area contributed by atoms with Crippen molar-refractivity contribution in [3.8, 4) is 5.75 Å². The van der Waals surface area contributed by atoms with Gasteiger partial charge in [0.05, 0.1) is 6.61 Å². The lowest BCUT2D eigenvalue weighted by Gasteiger charge is -2.23. The molecule has 14 heavy (non-hydrogen) atoms. The van der Waals surface area contributed by atoms with Crippen LogP contribution in [0.25, 0.3) is 0 Å². The zero-order valence-electron chi connectivity index (χ0n) is 7.92. The number of aryl methyl sites for hydroxylation is 1. The molecule has 2 rings (SSSR count). The molecule has 1 aromatic carbocycles. The smallest absolute Gasteiger partial charge is 0.168 e. The average molecular weight is 218 g/mol. The summed E-state index contributed by atoms with van der Waals surface area (Å²) in [4.78, 5) is 0. The predicted octanol–water partition coefficient (Wildman–Crippen LogP) is 2.34. The molecule has 0 bridgehead atoms. The molecule has 0 saturated heterocycles. The van der Waals surface area contributed by atoms with Crippen LogP contribution >= 0.6 is 12.4 Å². The second kappa shape index (κ2) is 4.15. The molecule has 1 heterocycles. The van der Waals surface area contributed by atoms with Crippen LogP contribution in [0.1, 0.15) is 23.6 Å². The molecule has 0 unspecified atom stereocenters. The first-order chi connectivity index (χ1) is 6.20. The summed E-state index contributed by atoms with van der Waals surface area (Å²) in [6.07, 6.45) is 0.759. The minimum Gasteiger partial charge on any atom is -0.490 e. The Labute approximate surface area is 88.7 Å². The molecule has 0 saturated carbocycles. The van der Waals surface area contributed by atoms with E-state index in [9.17, 15) is 4.39 Å². The van der Waals surface area contributed by atoms with Gasteiger partial charge in [-0.25, -0.2) is 4.39 Å². The number of nitrogens with two attached hydrogens (primary N) is 1. The van der Waals surface area contributed by atoms with Crippen molar-refractivity contribution >= 4 is 12.4 Å². The van der Waals surface area contributed by atoms with Gasteiger partial charge in [-0.15, -0.1) is 12.4 Å². The highest BCUT2D eigenvalue weighted by atomic mass is 35.5. The summed E-state index contributed by atoms with van der Waals surface area (Å²) >= 11 is 0. The molecule has 0 fully saturated rings. The van der Waals surface area contributed by atoms with Crippen LogP contribution in [-0.2, 0) is 0 Å². The van der Waals surface area contributed by atoms with Gasteiger partial charge in [0, 0.05) is 18.0 Å². The fourth-order valence-corrected chi connectivity index (χ4v) is 1.55. The van der Waals surface area contributed by atoms with Crippen molar-refractivity contribution in [2.45, 2.75) is 19.4 Å². The number of fused-ring (bicyclic) bond motifs is 1. The Hall–Kier alpha value is -0.800. The van der Waals surface area contributed by atoms with E-state index in [2.05, 4.69) is 0 Å². The maximum atomic E-state index is 13.5. The predicted molar refractivity (Wildman–Crippen MR) is 55.4 cm³/mol. The summed E-state index contributed by atoms with van der Waals surface area (Å²) in [6.45, 7) is 2.23. The quantitative estimate of drug-likeness (QED) is 0.724. The molecule has 2 N–H and O–H groups in total. The Bertz CT molecular complexity index is 343. The average Bonchev–Trinajstić information content (AvgIpc) is 2.12. The molecule has 0 spiro atoms. The molecule has 0 radical (unpaired) electrons. The molecule has 2 nitrogen and oxygen atoms in total. The van der Waals surface area contributed by atoms with E-state index in [0.29, 0.717) is 17.9 Å². The molecule has 78 valence electrons. The molecule has 0 aromatic heterocycles. The molecule has 0 aliphatic carbocycles. The molecule has 1 atom stereocenters. The normalized spacial score (nSPS) is 19.2. The number of rotatable bonds is 0. The Morgan fingerprint density at radius 2 is 2.21 bits per heavy atom. The van der Waals surface area contributed by atoms with E-state index in [1.165, 1.54) is 0 Å². The molecular formula is C10H13ClFNO. The number of hydrogen-bond donors (Lipinski definition) is 1. The topological polar surface area (TPSA) is 35.2 Å². The van der Waals surface area contributed by atoms with Gasteiger partial charge in [-0.05, 0) is 12.5 Å². The van der Waals surface area contributed by atoms with Crippen molar-refractivity contribution in [2.24, 2.45) is 5.73 Å². The maximum Gasteiger partial charge on any atom is 0.168 e. The number of hydrogen-bond acceptors (Lipinski definition) is 2. The molecule has 4 heteroatoms. The maximum absolute atomic E-state index is 13.5. The van der Waals surface area contributed by atoms with E-state index < -0.39 is 0 Å². The fourth-order valence-electron chi connectivity index (χ4n) is 1.55. The number of ether oxygens (including phenoxy) is 1. The van der Waals surface area contributed by atoms with Crippen LogP contribution < -0.4 is 10.5 Å². The van der Waals surface area contributed by atoms with Crippen molar-refractivity contribution in [2.75, 3.05) is 6.61 Å². The third-order valence-corrected chi connectivity index (χ3v) is 2.40. The first-order valence-electron chi connectivity index (χ1n) is 4.37. The lowest BCUT2D eigenvalue weighted by molar-refractivity contribution is 0.255. The Morgan fingerprint density at radius 3 is 2.93 bits per heavy atom.